The van der Waals surface area contributed by atoms with Crippen molar-refractivity contribution >= 4 is 22.9 Å². The molecule has 0 bridgehead atoms. The van der Waals surface area contributed by atoms with Gasteiger partial charge in [0.25, 0.3) is 0 Å². The van der Waals surface area contributed by atoms with Gasteiger partial charge in [-0.25, -0.2) is 5.01 Å². The second-order valence-electron chi connectivity index (χ2n) is 2.77. The molecule has 0 radical (unpaired) electrons. The Morgan fingerprint density at radius 3 is 2.85 bits per heavy atom. The Morgan fingerprint density at radius 2 is 2.31 bits per heavy atom. The van der Waals surface area contributed by atoms with Gasteiger partial charge in [-0.2, -0.15) is 0 Å². The highest BCUT2D eigenvalue weighted by Gasteiger charge is 2.05. The van der Waals surface area contributed by atoms with E-state index in [1.807, 2.05) is 26.2 Å². The van der Waals surface area contributed by atoms with E-state index >= 15 is 0 Å². The smallest absolute Gasteiger partial charge is 0.124 e. The molecular formula is C8H12N4S. The van der Waals surface area contributed by atoms with E-state index in [2.05, 4.69) is 10.4 Å². The molecule has 0 saturated heterocycles. The fourth-order valence-corrected chi connectivity index (χ4v) is 1.10. The zero-order valence-electron chi connectivity index (χ0n) is 7.61. The fourth-order valence-electron chi connectivity index (χ4n) is 0.933. The Bertz CT molecular complexity index is 311. The Kier molecular flexibility index (Phi) is 3.16. The van der Waals surface area contributed by atoms with Crippen molar-refractivity contribution in [1.29, 1.82) is 0 Å². The van der Waals surface area contributed by atoms with Gasteiger partial charge in [0.1, 0.15) is 10.7 Å². The van der Waals surface area contributed by atoms with Crippen LogP contribution in [-0.2, 0) is 0 Å². The highest BCUT2D eigenvalue weighted by atomic mass is 32.1. The van der Waals surface area contributed by atoms with E-state index in [4.69, 9.17) is 18.0 Å². The summed E-state index contributed by atoms with van der Waals surface area (Å²) in [6, 6.07) is 3.70. The number of pyridine rings is 1. The second-order valence-corrected chi connectivity index (χ2v) is 3.21. The van der Waals surface area contributed by atoms with Crippen LogP contribution in [0.25, 0.3) is 0 Å². The molecule has 0 saturated carbocycles. The number of nitrogens with one attached hydrogen (secondary N) is 1. The molecule has 0 spiro atoms. The van der Waals surface area contributed by atoms with Crippen molar-refractivity contribution in [2.24, 2.45) is 5.73 Å². The van der Waals surface area contributed by atoms with Crippen LogP contribution < -0.4 is 11.2 Å². The molecule has 0 aliphatic carbocycles. The number of hydrogen-bond acceptors (Lipinski definition) is 4. The molecule has 1 aromatic rings. The van der Waals surface area contributed by atoms with Crippen LogP contribution in [0.5, 0.6) is 0 Å². The van der Waals surface area contributed by atoms with Gasteiger partial charge in [0.15, 0.2) is 0 Å². The standard InChI is InChI=1S/C8H12N4S/c1-12(2)11-6-4-3-5-10-7(6)8(9)13/h3-5,11H,1-2H3,(H2,9,13). The number of hydrazine groups is 1. The van der Waals surface area contributed by atoms with E-state index < -0.39 is 0 Å². The number of anilines is 1. The zero-order chi connectivity index (χ0) is 9.84. The first-order valence-corrected chi connectivity index (χ1v) is 4.21. The Labute approximate surface area is 82.7 Å². The number of nitrogens with two attached hydrogens (primary N) is 1. The van der Waals surface area contributed by atoms with Crippen LogP contribution in [-0.4, -0.2) is 29.1 Å². The van der Waals surface area contributed by atoms with Crippen molar-refractivity contribution in [3.05, 3.63) is 24.0 Å². The van der Waals surface area contributed by atoms with Gasteiger partial charge in [-0.15, -0.1) is 0 Å². The summed E-state index contributed by atoms with van der Waals surface area (Å²) in [4.78, 5) is 4.37. The van der Waals surface area contributed by atoms with E-state index in [0.29, 0.717) is 10.7 Å². The molecule has 1 rings (SSSR count). The topological polar surface area (TPSA) is 54.2 Å². The lowest BCUT2D eigenvalue weighted by atomic mass is 10.3. The predicted molar refractivity (Wildman–Crippen MR) is 57.4 cm³/mol. The average molecular weight is 196 g/mol. The van der Waals surface area contributed by atoms with E-state index in [1.165, 1.54) is 0 Å². The van der Waals surface area contributed by atoms with Gasteiger partial charge < -0.3 is 11.2 Å². The van der Waals surface area contributed by atoms with Gasteiger partial charge in [0, 0.05) is 20.3 Å². The van der Waals surface area contributed by atoms with Crippen molar-refractivity contribution in [2.45, 2.75) is 0 Å². The van der Waals surface area contributed by atoms with E-state index in [-0.39, 0.29) is 0 Å². The molecule has 0 aromatic carbocycles. The molecule has 0 aliphatic heterocycles. The van der Waals surface area contributed by atoms with Crippen molar-refractivity contribution in [3.63, 3.8) is 0 Å². The third kappa shape index (κ3) is 2.64. The number of rotatable bonds is 3. The van der Waals surface area contributed by atoms with Crippen LogP contribution >= 0.6 is 12.2 Å². The number of thiocarbonyl (C=S) groups is 1. The zero-order valence-corrected chi connectivity index (χ0v) is 8.43. The SMILES string of the molecule is CN(C)Nc1cccnc1C(N)=S. The summed E-state index contributed by atoms with van der Waals surface area (Å²) in [6.45, 7) is 0. The van der Waals surface area contributed by atoms with Crippen molar-refractivity contribution in [3.8, 4) is 0 Å². The molecule has 0 atom stereocenters. The Hall–Kier alpha value is -1.20. The molecular weight excluding hydrogens is 184 g/mol. The quantitative estimate of drug-likeness (QED) is 0.548. The molecule has 3 N–H and O–H groups in total. The monoisotopic (exact) mass is 196 g/mol. The highest BCUT2D eigenvalue weighted by Crippen LogP contribution is 2.11. The molecule has 0 unspecified atom stereocenters. The minimum Gasteiger partial charge on any atom is -0.388 e. The fraction of sp³-hybridized carbons (Fsp3) is 0.250. The first kappa shape index (κ1) is 9.88. The summed E-state index contributed by atoms with van der Waals surface area (Å²) in [5.74, 6) is 0. The molecule has 5 heteroatoms. The van der Waals surface area contributed by atoms with Crippen molar-refractivity contribution < 1.29 is 0 Å². The lowest BCUT2D eigenvalue weighted by Crippen LogP contribution is -2.23. The molecule has 1 aromatic heterocycles. The minimum atomic E-state index is 0.296. The first-order chi connectivity index (χ1) is 6.11. The van der Waals surface area contributed by atoms with Crippen molar-refractivity contribution in [1.82, 2.24) is 9.99 Å². The maximum Gasteiger partial charge on any atom is 0.124 e. The molecule has 70 valence electrons. The normalized spacial score (nSPS) is 10.1. The lowest BCUT2D eigenvalue weighted by molar-refractivity contribution is 0.495. The maximum absolute atomic E-state index is 5.50. The van der Waals surface area contributed by atoms with Gasteiger partial charge in [-0.1, -0.05) is 12.2 Å². The number of nitrogens with zero attached hydrogens (tertiary/aromatic N) is 2. The van der Waals surface area contributed by atoms with Crippen LogP contribution in [0.3, 0.4) is 0 Å². The largest absolute Gasteiger partial charge is 0.388 e. The van der Waals surface area contributed by atoms with Gasteiger partial charge in [0.2, 0.25) is 0 Å². The van der Waals surface area contributed by atoms with Gasteiger partial charge >= 0.3 is 0 Å². The van der Waals surface area contributed by atoms with E-state index in [9.17, 15) is 0 Å². The van der Waals surface area contributed by atoms with Gasteiger partial charge in [-0.05, 0) is 12.1 Å². The summed E-state index contributed by atoms with van der Waals surface area (Å²) < 4.78 is 0. The summed E-state index contributed by atoms with van der Waals surface area (Å²) >= 11 is 4.86. The summed E-state index contributed by atoms with van der Waals surface area (Å²) in [5.41, 5.74) is 10.00. The Balaban J connectivity index is 2.98. The summed E-state index contributed by atoms with van der Waals surface area (Å²) in [7, 11) is 3.77. The van der Waals surface area contributed by atoms with Crippen LogP contribution in [0.4, 0.5) is 5.69 Å². The van der Waals surface area contributed by atoms with Gasteiger partial charge in [-0.3, -0.25) is 4.98 Å². The van der Waals surface area contributed by atoms with E-state index in [1.54, 1.807) is 11.2 Å². The molecule has 0 aliphatic rings. The summed E-state index contributed by atoms with van der Waals surface area (Å²) in [6.07, 6.45) is 1.66. The molecule has 0 fully saturated rings. The van der Waals surface area contributed by atoms with E-state index in [0.717, 1.165) is 5.69 Å². The first-order valence-electron chi connectivity index (χ1n) is 3.80. The van der Waals surface area contributed by atoms with Crippen LogP contribution in [0.15, 0.2) is 18.3 Å². The number of aromatic nitrogens is 1. The third-order valence-corrected chi connectivity index (χ3v) is 1.58. The Morgan fingerprint density at radius 1 is 1.62 bits per heavy atom. The highest BCUT2D eigenvalue weighted by molar-refractivity contribution is 7.80. The third-order valence-electron chi connectivity index (χ3n) is 1.39. The van der Waals surface area contributed by atoms with Crippen molar-refractivity contribution in [2.75, 3.05) is 19.5 Å². The molecule has 0 amide bonds. The maximum atomic E-state index is 5.50. The average Bonchev–Trinajstić information content (AvgIpc) is 2.03. The predicted octanol–water partition coefficient (Wildman–Crippen LogP) is 0.604. The van der Waals surface area contributed by atoms with Crippen LogP contribution in [0.1, 0.15) is 5.69 Å². The van der Waals surface area contributed by atoms with Crippen LogP contribution in [0, 0.1) is 0 Å². The summed E-state index contributed by atoms with van der Waals surface area (Å²) in [5, 5.41) is 1.80. The lowest BCUT2D eigenvalue weighted by Gasteiger charge is -2.15. The molecule has 4 nitrogen and oxygen atoms in total. The van der Waals surface area contributed by atoms with Crippen LogP contribution in [0.2, 0.25) is 0 Å². The molecule has 1 heterocycles. The molecule has 13 heavy (non-hydrogen) atoms. The second kappa shape index (κ2) is 4.15. The van der Waals surface area contributed by atoms with Gasteiger partial charge in [0.05, 0.1) is 5.69 Å². The minimum absolute atomic E-state index is 0.296. The number of hydrogen-bond donors (Lipinski definition) is 2.